The first-order chi connectivity index (χ1) is 11.2. The van der Waals surface area contributed by atoms with Gasteiger partial charge in [-0.15, -0.1) is 0 Å². The third-order valence-corrected chi connectivity index (χ3v) is 4.73. The molecule has 0 saturated heterocycles. The molecule has 1 heterocycles. The Bertz CT molecular complexity index is 755. The highest BCUT2D eigenvalue weighted by Gasteiger charge is 2.17. The maximum absolute atomic E-state index is 12.6. The van der Waals surface area contributed by atoms with Crippen LogP contribution in [0.5, 0.6) is 0 Å². The van der Waals surface area contributed by atoms with Crippen LogP contribution >= 0.6 is 0 Å². The Kier molecular flexibility index (Phi) is 4.79. The summed E-state index contributed by atoms with van der Waals surface area (Å²) >= 11 is 0. The van der Waals surface area contributed by atoms with Crippen molar-refractivity contribution in [2.24, 2.45) is 0 Å². The number of nitrogens with one attached hydrogen (secondary N) is 1. The smallest absolute Gasteiger partial charge is 0.343 e. The molecule has 4 heteroatoms. The summed E-state index contributed by atoms with van der Waals surface area (Å²) in [4.78, 5) is 27.6. The Hall–Kier alpha value is -2.10. The minimum atomic E-state index is -0.560. The number of H-pyrrole nitrogens is 1. The van der Waals surface area contributed by atoms with Crippen molar-refractivity contribution in [2.45, 2.75) is 51.4 Å². The summed E-state index contributed by atoms with van der Waals surface area (Å²) in [6.07, 6.45) is 8.93. The quantitative estimate of drug-likeness (QED) is 0.684. The molecule has 4 nitrogen and oxygen atoms in total. The standard InChI is InChI=1S/C19H23NO3/c1-2-23-19(22)16-12-20-17-10-9-14(11-15(17)18(16)21)13-7-5-3-4-6-8-13/h9-13H,2-8H2,1H3,(H,20,21). The predicted octanol–water partition coefficient (Wildman–Crippen LogP) is 4.14. The zero-order chi connectivity index (χ0) is 16.2. The first kappa shape index (κ1) is 15.8. The summed E-state index contributed by atoms with van der Waals surface area (Å²) in [5, 5.41) is 0.581. The van der Waals surface area contributed by atoms with E-state index >= 15 is 0 Å². The number of ether oxygens (including phenoxy) is 1. The van der Waals surface area contributed by atoms with Crippen molar-refractivity contribution in [3.8, 4) is 0 Å². The van der Waals surface area contributed by atoms with Crippen LogP contribution in [0.25, 0.3) is 10.9 Å². The molecular formula is C19H23NO3. The molecule has 0 spiro atoms. The molecule has 0 radical (unpaired) electrons. The highest BCUT2D eigenvalue weighted by Crippen LogP contribution is 2.32. The van der Waals surface area contributed by atoms with Crippen LogP contribution < -0.4 is 5.43 Å². The van der Waals surface area contributed by atoms with Crippen LogP contribution in [-0.2, 0) is 4.74 Å². The summed E-state index contributed by atoms with van der Waals surface area (Å²) in [6.45, 7) is 2.00. The minimum absolute atomic E-state index is 0.0809. The molecular weight excluding hydrogens is 290 g/mol. The lowest BCUT2D eigenvalue weighted by molar-refractivity contribution is 0.0524. The predicted molar refractivity (Wildman–Crippen MR) is 91.0 cm³/mol. The Morgan fingerprint density at radius 1 is 1.22 bits per heavy atom. The monoisotopic (exact) mass is 313 g/mol. The van der Waals surface area contributed by atoms with Gasteiger partial charge in [-0.05, 0) is 43.4 Å². The zero-order valence-electron chi connectivity index (χ0n) is 13.6. The number of rotatable bonds is 3. The molecule has 0 unspecified atom stereocenters. The molecule has 0 amide bonds. The van der Waals surface area contributed by atoms with Gasteiger partial charge in [0.2, 0.25) is 5.43 Å². The largest absolute Gasteiger partial charge is 0.462 e. The van der Waals surface area contributed by atoms with Gasteiger partial charge in [0.1, 0.15) is 5.56 Å². The minimum Gasteiger partial charge on any atom is -0.462 e. The molecule has 1 aliphatic carbocycles. The van der Waals surface area contributed by atoms with Crippen molar-refractivity contribution in [1.82, 2.24) is 4.98 Å². The van der Waals surface area contributed by atoms with Crippen LogP contribution in [0, 0.1) is 0 Å². The van der Waals surface area contributed by atoms with E-state index in [0.717, 1.165) is 5.52 Å². The van der Waals surface area contributed by atoms with Gasteiger partial charge >= 0.3 is 5.97 Å². The van der Waals surface area contributed by atoms with Crippen molar-refractivity contribution >= 4 is 16.9 Å². The van der Waals surface area contributed by atoms with E-state index in [-0.39, 0.29) is 17.6 Å². The number of benzene rings is 1. The highest BCUT2D eigenvalue weighted by atomic mass is 16.5. The van der Waals surface area contributed by atoms with Gasteiger partial charge in [-0.2, -0.15) is 0 Å². The van der Waals surface area contributed by atoms with Gasteiger partial charge in [0, 0.05) is 17.1 Å². The maximum Gasteiger partial charge on any atom is 0.343 e. The van der Waals surface area contributed by atoms with Crippen LogP contribution in [-0.4, -0.2) is 17.6 Å². The number of carbonyl (C=O) groups excluding carboxylic acids is 1. The normalized spacial score (nSPS) is 16.2. The Balaban J connectivity index is 2.01. The molecule has 0 bridgehead atoms. The molecule has 1 aromatic carbocycles. The van der Waals surface area contributed by atoms with Crippen molar-refractivity contribution in [3.63, 3.8) is 0 Å². The fraction of sp³-hybridized carbons (Fsp3) is 0.474. The Morgan fingerprint density at radius 2 is 1.96 bits per heavy atom. The molecule has 1 aromatic heterocycles. The fourth-order valence-corrected chi connectivity index (χ4v) is 3.46. The van der Waals surface area contributed by atoms with Crippen LogP contribution in [0.1, 0.15) is 67.3 Å². The van der Waals surface area contributed by atoms with Crippen molar-refractivity contribution in [3.05, 3.63) is 45.7 Å². The van der Waals surface area contributed by atoms with Gasteiger partial charge in [-0.3, -0.25) is 4.79 Å². The van der Waals surface area contributed by atoms with E-state index in [9.17, 15) is 9.59 Å². The topological polar surface area (TPSA) is 59.2 Å². The van der Waals surface area contributed by atoms with Crippen LogP contribution in [0.4, 0.5) is 0 Å². The number of esters is 1. The van der Waals surface area contributed by atoms with E-state index in [1.807, 2.05) is 12.1 Å². The van der Waals surface area contributed by atoms with Crippen LogP contribution in [0.2, 0.25) is 0 Å². The van der Waals surface area contributed by atoms with Crippen molar-refractivity contribution in [2.75, 3.05) is 6.61 Å². The zero-order valence-corrected chi connectivity index (χ0v) is 13.6. The summed E-state index contributed by atoms with van der Waals surface area (Å²) < 4.78 is 4.96. The molecule has 0 atom stereocenters. The number of hydrogen-bond acceptors (Lipinski definition) is 3. The number of hydrogen-bond donors (Lipinski definition) is 1. The summed E-state index contributed by atoms with van der Waals surface area (Å²) in [5.41, 5.74) is 1.82. The van der Waals surface area contributed by atoms with E-state index in [1.54, 1.807) is 6.92 Å². The SMILES string of the molecule is CCOC(=O)c1c[nH]c2ccc(C3CCCCCC3)cc2c1=O. The molecule has 0 aliphatic heterocycles. The molecule has 122 valence electrons. The number of fused-ring (bicyclic) bond motifs is 1. The molecule has 1 saturated carbocycles. The second-order valence-corrected chi connectivity index (χ2v) is 6.25. The third kappa shape index (κ3) is 3.31. The lowest BCUT2D eigenvalue weighted by Crippen LogP contribution is -2.18. The van der Waals surface area contributed by atoms with Gasteiger partial charge < -0.3 is 9.72 Å². The lowest BCUT2D eigenvalue weighted by atomic mass is 9.91. The van der Waals surface area contributed by atoms with E-state index in [0.29, 0.717) is 11.3 Å². The Labute approximate surface area is 135 Å². The molecule has 1 aliphatic rings. The van der Waals surface area contributed by atoms with Crippen LogP contribution in [0.15, 0.2) is 29.2 Å². The second-order valence-electron chi connectivity index (χ2n) is 6.25. The summed E-state index contributed by atoms with van der Waals surface area (Å²) in [6, 6.07) is 6.02. The number of carbonyl (C=O) groups is 1. The van der Waals surface area contributed by atoms with Gasteiger partial charge in [-0.25, -0.2) is 4.79 Å². The average Bonchev–Trinajstić information content (AvgIpc) is 2.84. The first-order valence-corrected chi connectivity index (χ1v) is 8.53. The summed E-state index contributed by atoms with van der Waals surface area (Å²) in [5.74, 6) is -0.0388. The van der Waals surface area contributed by atoms with Gasteiger partial charge in [-0.1, -0.05) is 31.7 Å². The third-order valence-electron chi connectivity index (χ3n) is 4.73. The van der Waals surface area contributed by atoms with E-state index < -0.39 is 5.97 Å². The van der Waals surface area contributed by atoms with E-state index in [4.69, 9.17) is 4.74 Å². The van der Waals surface area contributed by atoms with Crippen LogP contribution in [0.3, 0.4) is 0 Å². The molecule has 1 fully saturated rings. The van der Waals surface area contributed by atoms with Crippen molar-refractivity contribution in [1.29, 1.82) is 0 Å². The van der Waals surface area contributed by atoms with Crippen molar-refractivity contribution < 1.29 is 9.53 Å². The number of aromatic nitrogens is 1. The van der Waals surface area contributed by atoms with Gasteiger partial charge in [0.05, 0.1) is 6.61 Å². The molecule has 23 heavy (non-hydrogen) atoms. The van der Waals surface area contributed by atoms with Gasteiger partial charge in [0.15, 0.2) is 0 Å². The van der Waals surface area contributed by atoms with E-state index in [1.165, 1.54) is 50.3 Å². The Morgan fingerprint density at radius 3 is 2.65 bits per heavy atom. The molecule has 3 rings (SSSR count). The van der Waals surface area contributed by atoms with Gasteiger partial charge in [0.25, 0.3) is 0 Å². The second kappa shape index (κ2) is 6.99. The highest BCUT2D eigenvalue weighted by molar-refractivity contribution is 5.93. The number of aromatic amines is 1. The molecule has 1 N–H and O–H groups in total. The van der Waals surface area contributed by atoms with E-state index in [2.05, 4.69) is 11.1 Å². The maximum atomic E-state index is 12.6. The lowest BCUT2D eigenvalue weighted by Gasteiger charge is -2.15. The average molecular weight is 313 g/mol. The summed E-state index contributed by atoms with van der Waals surface area (Å²) in [7, 11) is 0. The first-order valence-electron chi connectivity index (χ1n) is 8.53. The fourth-order valence-electron chi connectivity index (χ4n) is 3.46. The number of pyridine rings is 1. The molecule has 2 aromatic rings.